The van der Waals surface area contributed by atoms with Gasteiger partial charge in [-0.2, -0.15) is 0 Å². The molecule has 0 radical (unpaired) electrons. The summed E-state index contributed by atoms with van der Waals surface area (Å²) in [7, 11) is 1.53. The van der Waals surface area contributed by atoms with Crippen LogP contribution < -0.4 is 4.74 Å². The fourth-order valence-corrected chi connectivity index (χ4v) is 1.73. The molecule has 1 aromatic rings. The Balaban J connectivity index is 3.26. The maximum Gasteiger partial charge on any atom is 0.343 e. The summed E-state index contributed by atoms with van der Waals surface area (Å²) < 4.78 is 5.21. The Kier molecular flexibility index (Phi) is 5.08. The van der Waals surface area contributed by atoms with Gasteiger partial charge in [-0.1, -0.05) is 18.2 Å². The highest BCUT2D eigenvalue weighted by atomic mass is 16.5. The van der Waals surface area contributed by atoms with Crippen molar-refractivity contribution in [2.45, 2.75) is 13.3 Å². The van der Waals surface area contributed by atoms with Crippen LogP contribution in [0, 0.1) is 0 Å². The number of methoxy groups -OCH3 is 1. The molecule has 5 nitrogen and oxygen atoms in total. The SMILES string of the molecule is C=C(C)Cc1cc(C=C(C(=O)O)C(=O)O)ccc1OC. The van der Waals surface area contributed by atoms with Crippen LogP contribution in [0.5, 0.6) is 5.75 Å². The molecule has 0 aliphatic carbocycles. The third-order valence-corrected chi connectivity index (χ3v) is 2.57. The van der Waals surface area contributed by atoms with Crippen LogP contribution in [-0.2, 0) is 16.0 Å². The highest BCUT2D eigenvalue weighted by Crippen LogP contribution is 2.23. The highest BCUT2D eigenvalue weighted by Gasteiger charge is 2.16. The van der Waals surface area contributed by atoms with Gasteiger partial charge in [0, 0.05) is 0 Å². The van der Waals surface area contributed by atoms with Crippen LogP contribution in [0.2, 0.25) is 0 Å². The number of carboxylic acids is 2. The van der Waals surface area contributed by atoms with Crippen molar-refractivity contribution in [2.75, 3.05) is 7.11 Å². The second-order valence-corrected chi connectivity index (χ2v) is 4.37. The average Bonchev–Trinajstić information content (AvgIpc) is 2.34. The van der Waals surface area contributed by atoms with E-state index in [9.17, 15) is 9.59 Å². The van der Waals surface area contributed by atoms with E-state index in [2.05, 4.69) is 6.58 Å². The largest absolute Gasteiger partial charge is 0.496 e. The van der Waals surface area contributed by atoms with Crippen LogP contribution in [0.4, 0.5) is 0 Å². The molecule has 0 aromatic heterocycles. The Bertz CT molecular complexity index is 568. The minimum atomic E-state index is -1.48. The molecule has 0 heterocycles. The molecular formula is C15H16O5. The van der Waals surface area contributed by atoms with E-state index in [1.165, 1.54) is 7.11 Å². The van der Waals surface area contributed by atoms with Crippen molar-refractivity contribution >= 4 is 18.0 Å². The molecule has 1 rings (SSSR count). The Morgan fingerprint density at radius 3 is 2.35 bits per heavy atom. The topological polar surface area (TPSA) is 83.8 Å². The third kappa shape index (κ3) is 3.98. The van der Waals surface area contributed by atoms with Gasteiger partial charge in [-0.3, -0.25) is 0 Å². The van der Waals surface area contributed by atoms with Crippen molar-refractivity contribution < 1.29 is 24.5 Å². The summed E-state index contributed by atoms with van der Waals surface area (Å²) in [6.45, 7) is 5.68. The molecule has 0 atom stereocenters. The summed E-state index contributed by atoms with van der Waals surface area (Å²) in [6, 6.07) is 4.97. The van der Waals surface area contributed by atoms with Gasteiger partial charge in [-0.05, 0) is 42.7 Å². The number of allylic oxidation sites excluding steroid dienone is 1. The highest BCUT2D eigenvalue weighted by molar-refractivity contribution is 6.16. The number of ether oxygens (including phenoxy) is 1. The van der Waals surface area contributed by atoms with E-state index >= 15 is 0 Å². The first-order valence-corrected chi connectivity index (χ1v) is 5.84. The molecule has 1 aromatic carbocycles. The summed E-state index contributed by atoms with van der Waals surface area (Å²) in [5, 5.41) is 17.7. The molecule has 0 fully saturated rings. The van der Waals surface area contributed by atoms with Gasteiger partial charge in [0.15, 0.2) is 0 Å². The van der Waals surface area contributed by atoms with Crippen molar-refractivity contribution in [3.05, 3.63) is 47.1 Å². The first-order chi connectivity index (χ1) is 9.35. The summed E-state index contributed by atoms with van der Waals surface area (Å²) >= 11 is 0. The Morgan fingerprint density at radius 1 is 1.30 bits per heavy atom. The van der Waals surface area contributed by atoms with E-state index in [1.807, 2.05) is 6.92 Å². The van der Waals surface area contributed by atoms with Crippen molar-refractivity contribution in [2.24, 2.45) is 0 Å². The zero-order valence-electron chi connectivity index (χ0n) is 11.3. The monoisotopic (exact) mass is 276 g/mol. The maximum absolute atomic E-state index is 10.8. The van der Waals surface area contributed by atoms with E-state index < -0.39 is 17.5 Å². The summed E-state index contributed by atoms with van der Waals surface area (Å²) in [5.74, 6) is -2.30. The molecule has 0 unspecified atom stereocenters. The van der Waals surface area contributed by atoms with Crippen LogP contribution >= 0.6 is 0 Å². The standard InChI is InChI=1S/C15H16O5/c1-9(2)6-11-7-10(4-5-13(11)20-3)8-12(14(16)17)15(18)19/h4-5,7-8H,1,6H2,2-3H3,(H,16,17)(H,18,19). The molecule has 5 heteroatoms. The average molecular weight is 276 g/mol. The lowest BCUT2D eigenvalue weighted by molar-refractivity contribution is -0.140. The molecule has 0 saturated heterocycles. The Morgan fingerprint density at radius 2 is 1.90 bits per heavy atom. The second-order valence-electron chi connectivity index (χ2n) is 4.37. The minimum Gasteiger partial charge on any atom is -0.496 e. The number of carbonyl (C=O) groups is 2. The fraction of sp³-hybridized carbons (Fsp3) is 0.200. The lowest BCUT2D eigenvalue weighted by atomic mass is 10.0. The molecule has 0 saturated carbocycles. The molecule has 0 aliphatic rings. The van der Waals surface area contributed by atoms with Crippen molar-refractivity contribution in [3.8, 4) is 5.75 Å². The van der Waals surface area contributed by atoms with Gasteiger partial charge in [0.05, 0.1) is 7.11 Å². The summed E-state index contributed by atoms with van der Waals surface area (Å²) in [6.07, 6.45) is 1.69. The molecular weight excluding hydrogens is 260 g/mol. The fourth-order valence-electron chi connectivity index (χ4n) is 1.73. The lowest BCUT2D eigenvalue weighted by Crippen LogP contribution is -2.10. The van der Waals surface area contributed by atoms with E-state index in [1.54, 1.807) is 18.2 Å². The molecule has 20 heavy (non-hydrogen) atoms. The first kappa shape index (κ1) is 15.5. The molecule has 0 amide bonds. The molecule has 0 spiro atoms. The van der Waals surface area contributed by atoms with Gasteiger partial charge in [0.1, 0.15) is 11.3 Å². The Labute approximate surface area is 116 Å². The van der Waals surface area contributed by atoms with Crippen LogP contribution in [-0.4, -0.2) is 29.3 Å². The van der Waals surface area contributed by atoms with Gasteiger partial charge in [0.25, 0.3) is 0 Å². The van der Waals surface area contributed by atoms with E-state index in [4.69, 9.17) is 14.9 Å². The molecule has 0 aliphatic heterocycles. The number of carboxylic acid groups (broad SMARTS) is 2. The quantitative estimate of drug-likeness (QED) is 0.360. The zero-order valence-corrected chi connectivity index (χ0v) is 11.3. The normalized spacial score (nSPS) is 9.70. The van der Waals surface area contributed by atoms with Crippen LogP contribution in [0.15, 0.2) is 35.9 Å². The molecule has 106 valence electrons. The third-order valence-electron chi connectivity index (χ3n) is 2.57. The second kappa shape index (κ2) is 6.56. The van der Waals surface area contributed by atoms with Gasteiger partial charge in [-0.25, -0.2) is 9.59 Å². The number of rotatable bonds is 6. The predicted octanol–water partition coefficient (Wildman–Crippen LogP) is 2.37. The number of hydrogen-bond acceptors (Lipinski definition) is 3. The first-order valence-electron chi connectivity index (χ1n) is 5.84. The predicted molar refractivity (Wildman–Crippen MR) is 74.8 cm³/mol. The number of aliphatic carboxylic acids is 2. The van der Waals surface area contributed by atoms with Gasteiger partial charge in [0.2, 0.25) is 0 Å². The number of hydrogen-bond donors (Lipinski definition) is 2. The van der Waals surface area contributed by atoms with Crippen molar-refractivity contribution in [1.82, 2.24) is 0 Å². The van der Waals surface area contributed by atoms with Gasteiger partial charge in [-0.15, -0.1) is 0 Å². The smallest absolute Gasteiger partial charge is 0.343 e. The van der Waals surface area contributed by atoms with E-state index in [0.717, 1.165) is 17.2 Å². The van der Waals surface area contributed by atoms with Crippen LogP contribution in [0.25, 0.3) is 6.08 Å². The van der Waals surface area contributed by atoms with Crippen molar-refractivity contribution in [1.29, 1.82) is 0 Å². The maximum atomic E-state index is 10.8. The van der Waals surface area contributed by atoms with Gasteiger partial charge < -0.3 is 14.9 Å². The zero-order chi connectivity index (χ0) is 15.3. The van der Waals surface area contributed by atoms with E-state index in [0.29, 0.717) is 17.7 Å². The number of benzene rings is 1. The molecule has 0 bridgehead atoms. The van der Waals surface area contributed by atoms with Crippen LogP contribution in [0.3, 0.4) is 0 Å². The van der Waals surface area contributed by atoms with Crippen LogP contribution in [0.1, 0.15) is 18.1 Å². The van der Waals surface area contributed by atoms with Gasteiger partial charge >= 0.3 is 11.9 Å². The van der Waals surface area contributed by atoms with E-state index in [-0.39, 0.29) is 0 Å². The van der Waals surface area contributed by atoms with Crippen molar-refractivity contribution in [3.63, 3.8) is 0 Å². The lowest BCUT2D eigenvalue weighted by Gasteiger charge is -2.09. The minimum absolute atomic E-state index is 0.488. The Hall–Kier alpha value is -2.56. The summed E-state index contributed by atoms with van der Waals surface area (Å²) in [4.78, 5) is 21.7. The molecule has 2 N–H and O–H groups in total. The summed E-state index contributed by atoms with van der Waals surface area (Å²) in [5.41, 5.74) is 1.54.